The van der Waals surface area contributed by atoms with Crippen molar-refractivity contribution < 1.29 is 71.4 Å². The van der Waals surface area contributed by atoms with Gasteiger partial charge in [0.25, 0.3) is 0 Å². The summed E-state index contributed by atoms with van der Waals surface area (Å²) in [6.45, 7) is 7.76. The summed E-state index contributed by atoms with van der Waals surface area (Å²) < 4.78 is 179. The number of halogens is 13. The van der Waals surface area contributed by atoms with Crippen LogP contribution in [0.1, 0.15) is 65.9 Å². The van der Waals surface area contributed by atoms with E-state index in [1.165, 1.54) is 13.8 Å². The van der Waals surface area contributed by atoms with Gasteiger partial charge in [0.2, 0.25) is 11.8 Å². The number of ether oxygens (including phenoxy) is 1. The second kappa shape index (κ2) is 12.1. The zero-order chi connectivity index (χ0) is 35.2. The first-order valence-electron chi connectivity index (χ1n) is 13.6. The molecule has 1 aromatic carbocycles. The standard InChI is InChI=1S/C28H32F13NO3/c1-21(2,3)45-17-11-8-16(9-12-17)10-13-18-19(43)42(20(44)22(18,4)5)15-7-6-14-23(29,30)24(31,32)25(33,34)26(35,36)27(37,38)28(39,40)41/h8-9,11-12,18H,6-7,10,13-15H2,1-5H3. The number of rotatable bonds is 13. The van der Waals surface area contributed by atoms with E-state index in [1.807, 2.05) is 20.8 Å². The maximum Gasteiger partial charge on any atom is 0.460 e. The van der Waals surface area contributed by atoms with Crippen molar-refractivity contribution in [3.8, 4) is 5.75 Å². The van der Waals surface area contributed by atoms with Gasteiger partial charge >= 0.3 is 35.8 Å². The molecule has 258 valence electrons. The number of imide groups is 1. The zero-order valence-electron chi connectivity index (χ0n) is 24.7. The second-order valence-corrected chi connectivity index (χ2v) is 12.4. The number of carbonyl (C=O) groups is 2. The van der Waals surface area contributed by atoms with Crippen LogP contribution in [0.2, 0.25) is 0 Å². The predicted octanol–water partition coefficient (Wildman–Crippen LogP) is 8.72. The van der Waals surface area contributed by atoms with E-state index < -0.39 is 90.3 Å². The van der Waals surface area contributed by atoms with Crippen molar-refractivity contribution >= 4 is 11.8 Å². The van der Waals surface area contributed by atoms with E-state index in [0.717, 1.165) is 5.56 Å². The summed E-state index contributed by atoms with van der Waals surface area (Å²) in [5.41, 5.74) is -0.957. The van der Waals surface area contributed by atoms with Crippen LogP contribution in [0.25, 0.3) is 0 Å². The fraction of sp³-hybridized carbons (Fsp3) is 0.714. The van der Waals surface area contributed by atoms with Crippen molar-refractivity contribution in [1.29, 1.82) is 0 Å². The molecular formula is C28H32F13NO3. The first-order valence-corrected chi connectivity index (χ1v) is 13.6. The first-order chi connectivity index (χ1) is 20.0. The van der Waals surface area contributed by atoms with Crippen molar-refractivity contribution in [2.75, 3.05) is 6.54 Å². The third kappa shape index (κ3) is 7.15. The minimum absolute atomic E-state index is 0.156. The van der Waals surface area contributed by atoms with Gasteiger partial charge in [-0.05, 0) is 64.2 Å². The second-order valence-electron chi connectivity index (χ2n) is 12.4. The highest BCUT2D eigenvalue weighted by atomic mass is 19.4. The number of hydrogen-bond donors (Lipinski definition) is 0. The van der Waals surface area contributed by atoms with Gasteiger partial charge in [0.15, 0.2) is 0 Å². The smallest absolute Gasteiger partial charge is 0.460 e. The van der Waals surface area contributed by atoms with E-state index in [4.69, 9.17) is 4.74 Å². The van der Waals surface area contributed by atoms with Crippen LogP contribution < -0.4 is 4.74 Å². The minimum Gasteiger partial charge on any atom is -0.488 e. The van der Waals surface area contributed by atoms with E-state index in [2.05, 4.69) is 0 Å². The lowest BCUT2D eigenvalue weighted by molar-refractivity contribution is -0.440. The van der Waals surface area contributed by atoms with E-state index in [1.54, 1.807) is 24.3 Å². The number of benzene rings is 1. The summed E-state index contributed by atoms with van der Waals surface area (Å²) in [6, 6.07) is 6.90. The van der Waals surface area contributed by atoms with Gasteiger partial charge in [-0.25, -0.2) is 0 Å². The van der Waals surface area contributed by atoms with Crippen LogP contribution in [-0.4, -0.2) is 64.6 Å². The summed E-state index contributed by atoms with van der Waals surface area (Å²) in [4.78, 5) is 26.5. The number of alkyl halides is 13. The third-order valence-corrected chi connectivity index (χ3v) is 7.42. The van der Waals surface area contributed by atoms with Gasteiger partial charge in [0, 0.05) is 13.0 Å². The number of hydrogen-bond acceptors (Lipinski definition) is 3. The first kappa shape index (κ1) is 38.4. The van der Waals surface area contributed by atoms with Crippen LogP contribution >= 0.6 is 0 Å². The van der Waals surface area contributed by atoms with Gasteiger partial charge in [0.1, 0.15) is 11.4 Å². The lowest BCUT2D eigenvalue weighted by Gasteiger charge is -2.39. The maximum atomic E-state index is 14.1. The fourth-order valence-electron chi connectivity index (χ4n) is 4.75. The lowest BCUT2D eigenvalue weighted by Crippen LogP contribution is -2.70. The van der Waals surface area contributed by atoms with E-state index in [-0.39, 0.29) is 6.42 Å². The van der Waals surface area contributed by atoms with Crippen LogP contribution in [0.15, 0.2) is 24.3 Å². The monoisotopic (exact) mass is 677 g/mol. The average Bonchev–Trinajstić information content (AvgIpc) is 3.02. The Morgan fingerprint density at radius 1 is 0.733 bits per heavy atom. The van der Waals surface area contributed by atoms with Gasteiger partial charge in [-0.2, -0.15) is 57.1 Å². The molecule has 1 aliphatic rings. The number of aryl methyl sites for hydroxylation is 1. The quantitative estimate of drug-likeness (QED) is 0.119. The van der Waals surface area contributed by atoms with Crippen molar-refractivity contribution in [3.05, 3.63) is 29.8 Å². The normalized spacial score (nSPS) is 19.0. The molecule has 0 spiro atoms. The lowest BCUT2D eigenvalue weighted by atomic mass is 9.78. The molecule has 1 unspecified atom stereocenters. The molecule has 4 nitrogen and oxygen atoms in total. The summed E-state index contributed by atoms with van der Waals surface area (Å²) in [7, 11) is 0. The number of unbranched alkanes of at least 4 members (excludes halogenated alkanes) is 1. The van der Waals surface area contributed by atoms with Crippen LogP contribution in [-0.2, 0) is 16.0 Å². The topological polar surface area (TPSA) is 46.6 Å². The van der Waals surface area contributed by atoms with Gasteiger partial charge < -0.3 is 4.74 Å². The molecule has 0 radical (unpaired) electrons. The molecule has 0 bridgehead atoms. The van der Waals surface area contributed by atoms with E-state index in [9.17, 15) is 66.7 Å². The SMILES string of the molecule is CC(C)(C)Oc1ccc(CCC2C(=O)N(CCCCC(F)(F)C(F)(F)C(F)(F)C(F)(F)C(F)(F)C(F)(F)F)C(=O)C2(C)C)cc1. The van der Waals surface area contributed by atoms with Gasteiger partial charge in [-0.3, -0.25) is 14.5 Å². The molecule has 1 saturated heterocycles. The highest BCUT2D eigenvalue weighted by Crippen LogP contribution is 2.60. The molecule has 0 N–H and O–H groups in total. The molecule has 1 aromatic rings. The Balaban J connectivity index is 2.06. The Morgan fingerprint density at radius 3 is 1.69 bits per heavy atom. The molecular weight excluding hydrogens is 645 g/mol. The van der Waals surface area contributed by atoms with Crippen molar-refractivity contribution in [2.45, 2.75) is 108 Å². The Kier molecular flexibility index (Phi) is 10.4. The molecule has 1 fully saturated rings. The summed E-state index contributed by atoms with van der Waals surface area (Å²) in [5.74, 6) is -39.0. The van der Waals surface area contributed by atoms with Gasteiger partial charge in [-0.1, -0.05) is 26.0 Å². The highest BCUT2D eigenvalue weighted by Gasteiger charge is 2.90. The summed E-state index contributed by atoms with van der Waals surface area (Å²) in [5, 5.41) is 0. The van der Waals surface area contributed by atoms with Crippen molar-refractivity contribution in [1.82, 2.24) is 4.90 Å². The van der Waals surface area contributed by atoms with E-state index in [0.29, 0.717) is 17.1 Å². The average molecular weight is 678 g/mol. The Labute approximate surface area is 250 Å². The number of likely N-dealkylation sites (tertiary alicyclic amines) is 1. The van der Waals surface area contributed by atoms with Gasteiger partial charge in [-0.15, -0.1) is 0 Å². The molecule has 1 atom stereocenters. The molecule has 2 amide bonds. The number of amides is 2. The maximum absolute atomic E-state index is 14.1. The highest BCUT2D eigenvalue weighted by molar-refractivity contribution is 6.07. The molecule has 17 heteroatoms. The Bertz CT molecular complexity index is 1220. The zero-order valence-corrected chi connectivity index (χ0v) is 24.7. The third-order valence-electron chi connectivity index (χ3n) is 7.42. The molecule has 1 heterocycles. The van der Waals surface area contributed by atoms with Gasteiger partial charge in [0.05, 0.1) is 11.3 Å². The summed E-state index contributed by atoms with van der Waals surface area (Å²) in [6.07, 6.45) is -11.3. The molecule has 2 rings (SSSR count). The van der Waals surface area contributed by atoms with Crippen LogP contribution in [0.5, 0.6) is 5.75 Å². The largest absolute Gasteiger partial charge is 0.488 e. The minimum atomic E-state index is -7.96. The van der Waals surface area contributed by atoms with Crippen LogP contribution in [0.3, 0.4) is 0 Å². The molecule has 1 aliphatic heterocycles. The van der Waals surface area contributed by atoms with Crippen LogP contribution in [0.4, 0.5) is 57.1 Å². The number of nitrogens with zero attached hydrogens (tertiary/aromatic N) is 1. The molecule has 0 saturated carbocycles. The Morgan fingerprint density at radius 2 is 1.22 bits per heavy atom. The molecule has 0 aromatic heterocycles. The predicted molar refractivity (Wildman–Crippen MR) is 134 cm³/mol. The summed E-state index contributed by atoms with van der Waals surface area (Å²) >= 11 is 0. The van der Waals surface area contributed by atoms with Crippen molar-refractivity contribution in [2.24, 2.45) is 11.3 Å². The molecule has 0 aliphatic carbocycles. The van der Waals surface area contributed by atoms with Crippen molar-refractivity contribution in [3.63, 3.8) is 0 Å². The molecule has 45 heavy (non-hydrogen) atoms. The fourth-order valence-corrected chi connectivity index (χ4v) is 4.75. The van der Waals surface area contributed by atoms with Crippen LogP contribution in [0, 0.1) is 11.3 Å². The Hall–Kier alpha value is -2.75. The van der Waals surface area contributed by atoms with E-state index >= 15 is 0 Å². The number of carbonyl (C=O) groups excluding carboxylic acids is 2.